The summed E-state index contributed by atoms with van der Waals surface area (Å²) in [7, 11) is 0. The summed E-state index contributed by atoms with van der Waals surface area (Å²) in [5.74, 6) is -0.332. The standard InChI is InChI=1S/C11H15N3O5/c1-6(15)18-5-8-7(16)4-10(19-8)14-3-2-9(12)13-11(14)17/h2-3,7-8,10,16H,4-5H2,1H3,(H2,12,13,17)/t7-,8+,10+/m0/s1. The number of nitrogens with two attached hydrogens (primary N) is 1. The molecule has 0 unspecified atom stereocenters. The first kappa shape index (κ1) is 13.5. The van der Waals surface area contributed by atoms with Gasteiger partial charge in [-0.25, -0.2) is 4.79 Å². The summed E-state index contributed by atoms with van der Waals surface area (Å²) in [5.41, 5.74) is 4.84. The summed E-state index contributed by atoms with van der Waals surface area (Å²) in [4.78, 5) is 25.9. The first-order valence-electron chi connectivity index (χ1n) is 5.79. The third-order valence-corrected chi connectivity index (χ3v) is 2.82. The van der Waals surface area contributed by atoms with E-state index in [1.54, 1.807) is 0 Å². The normalized spacial score (nSPS) is 26.3. The summed E-state index contributed by atoms with van der Waals surface area (Å²) < 4.78 is 11.5. The molecule has 8 nitrogen and oxygen atoms in total. The molecule has 19 heavy (non-hydrogen) atoms. The second kappa shape index (κ2) is 5.37. The highest BCUT2D eigenvalue weighted by molar-refractivity contribution is 5.65. The van der Waals surface area contributed by atoms with Gasteiger partial charge in [0.05, 0.1) is 6.10 Å². The van der Waals surface area contributed by atoms with Gasteiger partial charge >= 0.3 is 11.7 Å². The highest BCUT2D eigenvalue weighted by Crippen LogP contribution is 2.27. The molecule has 0 amide bonds. The van der Waals surface area contributed by atoms with E-state index in [1.165, 1.54) is 23.8 Å². The van der Waals surface area contributed by atoms with Crippen LogP contribution in [0.5, 0.6) is 0 Å². The Morgan fingerprint density at radius 2 is 2.47 bits per heavy atom. The number of nitrogens with zero attached hydrogens (tertiary/aromatic N) is 2. The molecule has 3 N–H and O–H groups in total. The molecule has 0 aromatic carbocycles. The quantitative estimate of drug-likeness (QED) is 0.678. The summed E-state index contributed by atoms with van der Waals surface area (Å²) in [5, 5.41) is 9.80. The average Bonchev–Trinajstić information content (AvgIpc) is 2.67. The molecule has 1 aromatic heterocycles. The smallest absolute Gasteiger partial charge is 0.351 e. The number of aliphatic hydroxyl groups is 1. The maximum Gasteiger partial charge on any atom is 0.351 e. The first-order valence-corrected chi connectivity index (χ1v) is 5.79. The van der Waals surface area contributed by atoms with Crippen LogP contribution in [0.25, 0.3) is 0 Å². The maximum absolute atomic E-state index is 11.6. The van der Waals surface area contributed by atoms with Gasteiger partial charge in [-0.1, -0.05) is 0 Å². The van der Waals surface area contributed by atoms with E-state index in [0.29, 0.717) is 0 Å². The second-order valence-electron chi connectivity index (χ2n) is 4.28. The van der Waals surface area contributed by atoms with Gasteiger partial charge in [0, 0.05) is 19.5 Å². The molecule has 0 bridgehead atoms. The minimum atomic E-state index is -0.811. The summed E-state index contributed by atoms with van der Waals surface area (Å²) in [6.45, 7) is 1.22. The van der Waals surface area contributed by atoms with Gasteiger partial charge in [0.1, 0.15) is 24.8 Å². The Kier molecular flexibility index (Phi) is 3.82. The van der Waals surface area contributed by atoms with Gasteiger partial charge in [-0.3, -0.25) is 9.36 Å². The first-order chi connectivity index (χ1) is 8.97. The lowest BCUT2D eigenvalue weighted by atomic mass is 10.2. The minimum absolute atomic E-state index is 0.0514. The Labute approximate surface area is 108 Å². The number of carbonyl (C=O) groups excluding carboxylic acids is 1. The molecule has 8 heteroatoms. The van der Waals surface area contributed by atoms with Crippen LogP contribution in [0.4, 0.5) is 5.82 Å². The fourth-order valence-electron chi connectivity index (χ4n) is 1.88. The number of carbonyl (C=O) groups is 1. The van der Waals surface area contributed by atoms with Crippen molar-refractivity contribution in [3.8, 4) is 0 Å². The Balaban J connectivity index is 2.07. The number of rotatable bonds is 3. The van der Waals surface area contributed by atoms with Gasteiger partial charge in [0.25, 0.3) is 0 Å². The highest BCUT2D eigenvalue weighted by atomic mass is 16.6. The molecule has 2 rings (SSSR count). The van der Waals surface area contributed by atoms with Gasteiger partial charge in [-0.2, -0.15) is 4.98 Å². The van der Waals surface area contributed by atoms with Crippen LogP contribution in [0.1, 0.15) is 19.6 Å². The highest BCUT2D eigenvalue weighted by Gasteiger charge is 2.36. The van der Waals surface area contributed by atoms with Crippen LogP contribution in [-0.2, 0) is 14.3 Å². The van der Waals surface area contributed by atoms with Crippen LogP contribution >= 0.6 is 0 Å². The molecule has 1 aliphatic rings. The van der Waals surface area contributed by atoms with Gasteiger partial charge < -0.3 is 20.3 Å². The lowest BCUT2D eigenvalue weighted by molar-refractivity contribution is -0.147. The van der Waals surface area contributed by atoms with Crippen molar-refractivity contribution in [3.05, 3.63) is 22.7 Å². The zero-order valence-corrected chi connectivity index (χ0v) is 10.4. The molecule has 1 aliphatic heterocycles. The van der Waals surface area contributed by atoms with E-state index >= 15 is 0 Å². The molecule has 0 spiro atoms. The van der Waals surface area contributed by atoms with Crippen molar-refractivity contribution < 1.29 is 19.4 Å². The molecule has 104 valence electrons. The third-order valence-electron chi connectivity index (χ3n) is 2.82. The Morgan fingerprint density at radius 3 is 3.11 bits per heavy atom. The van der Waals surface area contributed by atoms with E-state index in [9.17, 15) is 14.7 Å². The SMILES string of the molecule is CC(=O)OC[C@H]1O[C@@H](n2ccc(N)nc2=O)C[C@@H]1O. The molecule has 0 saturated carbocycles. The molecule has 3 atom stereocenters. The summed E-state index contributed by atoms with van der Waals surface area (Å²) >= 11 is 0. The van der Waals surface area contributed by atoms with Crippen molar-refractivity contribution in [1.82, 2.24) is 9.55 Å². The van der Waals surface area contributed by atoms with E-state index in [1.807, 2.05) is 0 Å². The average molecular weight is 269 g/mol. The van der Waals surface area contributed by atoms with E-state index in [-0.39, 0.29) is 18.8 Å². The number of aromatic nitrogens is 2. The summed E-state index contributed by atoms with van der Waals surface area (Å²) in [6.07, 6.45) is -0.434. The predicted molar refractivity (Wildman–Crippen MR) is 64.1 cm³/mol. The Hall–Kier alpha value is -1.93. The van der Waals surface area contributed by atoms with Crippen LogP contribution in [0.15, 0.2) is 17.1 Å². The largest absolute Gasteiger partial charge is 0.463 e. The monoisotopic (exact) mass is 269 g/mol. The number of hydrogen-bond donors (Lipinski definition) is 2. The fraction of sp³-hybridized carbons (Fsp3) is 0.545. The second-order valence-corrected chi connectivity index (χ2v) is 4.28. The van der Waals surface area contributed by atoms with Crippen LogP contribution in [0.3, 0.4) is 0 Å². The van der Waals surface area contributed by atoms with Gasteiger partial charge in [-0.15, -0.1) is 0 Å². The van der Waals surface area contributed by atoms with Crippen molar-refractivity contribution in [2.75, 3.05) is 12.3 Å². The zero-order chi connectivity index (χ0) is 14.0. The number of aliphatic hydroxyl groups excluding tert-OH is 1. The number of hydrogen-bond acceptors (Lipinski definition) is 7. The molecular formula is C11H15N3O5. The number of anilines is 1. The van der Waals surface area contributed by atoms with Crippen molar-refractivity contribution in [1.29, 1.82) is 0 Å². The fourth-order valence-corrected chi connectivity index (χ4v) is 1.88. The van der Waals surface area contributed by atoms with E-state index in [4.69, 9.17) is 15.2 Å². The Morgan fingerprint density at radius 1 is 1.74 bits per heavy atom. The van der Waals surface area contributed by atoms with Crippen molar-refractivity contribution in [2.24, 2.45) is 0 Å². The molecular weight excluding hydrogens is 254 g/mol. The van der Waals surface area contributed by atoms with E-state index < -0.39 is 30.1 Å². The lowest BCUT2D eigenvalue weighted by Gasteiger charge is -2.15. The number of nitrogen functional groups attached to an aromatic ring is 1. The van der Waals surface area contributed by atoms with Crippen LogP contribution in [0.2, 0.25) is 0 Å². The predicted octanol–water partition coefficient (Wildman–Crippen LogP) is -0.963. The third kappa shape index (κ3) is 3.09. The van der Waals surface area contributed by atoms with Crippen molar-refractivity contribution >= 4 is 11.8 Å². The summed E-state index contributed by atoms with van der Waals surface area (Å²) in [6, 6.07) is 1.47. The van der Waals surface area contributed by atoms with Crippen LogP contribution in [-0.4, -0.2) is 39.4 Å². The van der Waals surface area contributed by atoms with Crippen molar-refractivity contribution in [3.63, 3.8) is 0 Å². The molecule has 0 radical (unpaired) electrons. The molecule has 1 saturated heterocycles. The van der Waals surface area contributed by atoms with Gasteiger partial charge in [-0.05, 0) is 6.07 Å². The molecule has 1 aromatic rings. The molecule has 0 aliphatic carbocycles. The maximum atomic E-state index is 11.6. The zero-order valence-electron chi connectivity index (χ0n) is 10.4. The van der Waals surface area contributed by atoms with Gasteiger partial charge in [0.15, 0.2) is 0 Å². The van der Waals surface area contributed by atoms with Crippen molar-refractivity contribution in [2.45, 2.75) is 31.8 Å². The topological polar surface area (TPSA) is 117 Å². The van der Waals surface area contributed by atoms with E-state index in [0.717, 1.165) is 0 Å². The van der Waals surface area contributed by atoms with E-state index in [2.05, 4.69) is 4.98 Å². The number of ether oxygens (including phenoxy) is 2. The molecule has 1 fully saturated rings. The lowest BCUT2D eigenvalue weighted by Crippen LogP contribution is -2.29. The van der Waals surface area contributed by atoms with Crippen LogP contribution in [0, 0.1) is 0 Å². The molecule has 2 heterocycles. The minimum Gasteiger partial charge on any atom is -0.463 e. The Bertz CT molecular complexity index is 529. The van der Waals surface area contributed by atoms with Gasteiger partial charge in [0.2, 0.25) is 0 Å². The number of esters is 1. The van der Waals surface area contributed by atoms with Crippen LogP contribution < -0.4 is 11.4 Å².